The summed E-state index contributed by atoms with van der Waals surface area (Å²) in [5.74, 6) is 1.74. The minimum Gasteiger partial charge on any atom is -0.454 e. The van der Waals surface area contributed by atoms with Crippen LogP contribution in [0.15, 0.2) is 54.6 Å². The van der Waals surface area contributed by atoms with Crippen molar-refractivity contribution in [3.8, 4) is 11.5 Å². The minimum absolute atomic E-state index is 0.194. The van der Waals surface area contributed by atoms with Gasteiger partial charge in [-0.05, 0) is 46.0 Å². The molecule has 23 heavy (non-hydrogen) atoms. The van der Waals surface area contributed by atoms with Gasteiger partial charge in [-0.1, -0.05) is 42.5 Å². The number of benzene rings is 3. The molecule has 0 saturated heterocycles. The standard InChI is InChI=1S/C20H17NO2/c1-2-6-15-13(4-1)5-3-7-16(15)20-17-11-19-18(22-12-23-19)10-14(17)8-9-21-20/h1-7,10-11,20-21H,8-9,12H2. The highest BCUT2D eigenvalue weighted by molar-refractivity contribution is 5.86. The fourth-order valence-electron chi connectivity index (χ4n) is 3.73. The van der Waals surface area contributed by atoms with Gasteiger partial charge in [0.2, 0.25) is 6.79 Å². The van der Waals surface area contributed by atoms with Crippen LogP contribution in [0.5, 0.6) is 11.5 Å². The average Bonchev–Trinajstić information content (AvgIpc) is 3.06. The zero-order valence-electron chi connectivity index (χ0n) is 12.7. The van der Waals surface area contributed by atoms with Crippen molar-refractivity contribution in [1.29, 1.82) is 0 Å². The normalized spacial score (nSPS) is 18.9. The Bertz CT molecular complexity index is 898. The largest absolute Gasteiger partial charge is 0.454 e. The van der Waals surface area contributed by atoms with Gasteiger partial charge in [0.15, 0.2) is 11.5 Å². The molecule has 3 heteroatoms. The topological polar surface area (TPSA) is 30.5 Å². The third-order valence-electron chi connectivity index (χ3n) is 4.82. The summed E-state index contributed by atoms with van der Waals surface area (Å²) in [6, 6.07) is 19.6. The van der Waals surface area contributed by atoms with Crippen molar-refractivity contribution < 1.29 is 9.47 Å². The van der Waals surface area contributed by atoms with Crippen molar-refractivity contribution in [2.75, 3.05) is 13.3 Å². The molecule has 0 saturated carbocycles. The Labute approximate surface area is 134 Å². The quantitative estimate of drug-likeness (QED) is 0.741. The molecule has 2 aliphatic heterocycles. The van der Waals surface area contributed by atoms with E-state index in [0.717, 1.165) is 24.5 Å². The van der Waals surface area contributed by atoms with Gasteiger partial charge in [0, 0.05) is 6.54 Å². The number of rotatable bonds is 1. The highest BCUT2D eigenvalue weighted by Gasteiger charge is 2.26. The lowest BCUT2D eigenvalue weighted by molar-refractivity contribution is 0.174. The van der Waals surface area contributed by atoms with Crippen molar-refractivity contribution in [3.63, 3.8) is 0 Å². The van der Waals surface area contributed by atoms with Crippen molar-refractivity contribution in [2.24, 2.45) is 0 Å². The number of nitrogens with one attached hydrogen (secondary N) is 1. The lowest BCUT2D eigenvalue weighted by Gasteiger charge is -2.28. The number of ether oxygens (including phenoxy) is 2. The summed E-state index contributed by atoms with van der Waals surface area (Å²) in [6.45, 7) is 1.30. The van der Waals surface area contributed by atoms with Gasteiger partial charge in [0.1, 0.15) is 0 Å². The van der Waals surface area contributed by atoms with Gasteiger partial charge in [-0.2, -0.15) is 0 Å². The van der Waals surface area contributed by atoms with E-state index in [1.807, 2.05) is 0 Å². The smallest absolute Gasteiger partial charge is 0.231 e. The Morgan fingerprint density at radius 3 is 2.65 bits per heavy atom. The zero-order chi connectivity index (χ0) is 15.2. The molecule has 1 atom stereocenters. The van der Waals surface area contributed by atoms with E-state index in [1.54, 1.807) is 0 Å². The second-order valence-electron chi connectivity index (χ2n) is 6.11. The first-order valence-electron chi connectivity index (χ1n) is 8.03. The van der Waals surface area contributed by atoms with Gasteiger partial charge in [-0.3, -0.25) is 0 Å². The van der Waals surface area contributed by atoms with Gasteiger partial charge in [0.25, 0.3) is 0 Å². The van der Waals surface area contributed by atoms with E-state index in [9.17, 15) is 0 Å². The summed E-state index contributed by atoms with van der Waals surface area (Å²) >= 11 is 0. The summed E-state index contributed by atoms with van der Waals surface area (Å²) in [6.07, 6.45) is 1.02. The molecule has 3 nitrogen and oxygen atoms in total. The SMILES string of the molecule is c1ccc2c(C3NCCc4cc5c(cc43)OCO5)cccc2c1. The fraction of sp³-hybridized carbons (Fsp3) is 0.200. The van der Waals surface area contributed by atoms with Crippen molar-refractivity contribution in [1.82, 2.24) is 5.32 Å². The molecular formula is C20H17NO2. The van der Waals surface area contributed by atoms with Gasteiger partial charge < -0.3 is 14.8 Å². The number of hydrogen-bond acceptors (Lipinski definition) is 3. The molecule has 1 unspecified atom stereocenters. The molecule has 3 aromatic carbocycles. The van der Waals surface area contributed by atoms with Crippen LogP contribution in [-0.4, -0.2) is 13.3 Å². The van der Waals surface area contributed by atoms with E-state index in [1.165, 1.54) is 27.5 Å². The average molecular weight is 303 g/mol. The molecule has 0 spiro atoms. The molecule has 0 fully saturated rings. The monoisotopic (exact) mass is 303 g/mol. The molecule has 0 aliphatic carbocycles. The van der Waals surface area contributed by atoms with E-state index in [-0.39, 0.29) is 6.04 Å². The predicted molar refractivity (Wildman–Crippen MR) is 90.1 cm³/mol. The Morgan fingerprint density at radius 2 is 1.70 bits per heavy atom. The summed E-state index contributed by atoms with van der Waals surface area (Å²) < 4.78 is 11.1. The van der Waals surface area contributed by atoms with E-state index in [2.05, 4.69) is 59.9 Å². The highest BCUT2D eigenvalue weighted by atomic mass is 16.7. The third kappa shape index (κ3) is 2.01. The van der Waals surface area contributed by atoms with Crippen LogP contribution in [0.3, 0.4) is 0 Å². The summed E-state index contributed by atoms with van der Waals surface area (Å²) in [5.41, 5.74) is 3.98. The van der Waals surface area contributed by atoms with Crippen molar-refractivity contribution >= 4 is 10.8 Å². The molecule has 3 aromatic rings. The number of fused-ring (bicyclic) bond motifs is 3. The predicted octanol–water partition coefficient (Wildman–Crippen LogP) is 3.80. The molecular weight excluding hydrogens is 286 g/mol. The Kier molecular flexibility index (Phi) is 2.82. The van der Waals surface area contributed by atoms with Gasteiger partial charge >= 0.3 is 0 Å². The Balaban J connectivity index is 1.70. The molecule has 114 valence electrons. The molecule has 0 amide bonds. The van der Waals surface area contributed by atoms with Crippen LogP contribution in [0.4, 0.5) is 0 Å². The molecule has 2 heterocycles. The lowest BCUT2D eigenvalue weighted by atomic mass is 9.87. The van der Waals surface area contributed by atoms with Crippen LogP contribution in [0, 0.1) is 0 Å². The first kappa shape index (κ1) is 13.0. The maximum Gasteiger partial charge on any atom is 0.231 e. The van der Waals surface area contributed by atoms with Crippen LogP contribution in [0.25, 0.3) is 10.8 Å². The van der Waals surface area contributed by atoms with Crippen LogP contribution in [0.1, 0.15) is 22.7 Å². The van der Waals surface area contributed by atoms with Gasteiger partial charge in [0.05, 0.1) is 6.04 Å². The fourth-order valence-corrected chi connectivity index (χ4v) is 3.73. The first-order valence-corrected chi connectivity index (χ1v) is 8.03. The maximum atomic E-state index is 5.59. The Hall–Kier alpha value is -2.52. The molecule has 5 rings (SSSR count). The second-order valence-corrected chi connectivity index (χ2v) is 6.11. The lowest BCUT2D eigenvalue weighted by Crippen LogP contribution is -2.30. The second kappa shape index (κ2) is 5.00. The molecule has 2 aliphatic rings. The van der Waals surface area contributed by atoms with E-state index in [0.29, 0.717) is 6.79 Å². The summed E-state index contributed by atoms with van der Waals surface area (Å²) in [4.78, 5) is 0. The maximum absolute atomic E-state index is 5.59. The summed E-state index contributed by atoms with van der Waals surface area (Å²) in [5, 5.41) is 6.26. The van der Waals surface area contributed by atoms with Crippen LogP contribution < -0.4 is 14.8 Å². The third-order valence-corrected chi connectivity index (χ3v) is 4.82. The van der Waals surface area contributed by atoms with Gasteiger partial charge in [-0.15, -0.1) is 0 Å². The van der Waals surface area contributed by atoms with Crippen LogP contribution >= 0.6 is 0 Å². The molecule has 0 bridgehead atoms. The van der Waals surface area contributed by atoms with E-state index < -0.39 is 0 Å². The zero-order valence-corrected chi connectivity index (χ0v) is 12.7. The van der Waals surface area contributed by atoms with Gasteiger partial charge in [-0.25, -0.2) is 0 Å². The van der Waals surface area contributed by atoms with E-state index in [4.69, 9.17) is 9.47 Å². The summed E-state index contributed by atoms with van der Waals surface area (Å²) in [7, 11) is 0. The Morgan fingerprint density at radius 1 is 0.870 bits per heavy atom. The van der Waals surface area contributed by atoms with Crippen molar-refractivity contribution in [3.05, 3.63) is 71.3 Å². The molecule has 0 aromatic heterocycles. The molecule has 1 N–H and O–H groups in total. The van der Waals surface area contributed by atoms with E-state index >= 15 is 0 Å². The van der Waals surface area contributed by atoms with Crippen LogP contribution in [-0.2, 0) is 6.42 Å². The van der Waals surface area contributed by atoms with Crippen LogP contribution in [0.2, 0.25) is 0 Å². The minimum atomic E-state index is 0.194. The molecule has 0 radical (unpaired) electrons. The highest BCUT2D eigenvalue weighted by Crippen LogP contribution is 2.41. The number of hydrogen-bond donors (Lipinski definition) is 1. The first-order chi connectivity index (χ1) is 11.4. The van der Waals surface area contributed by atoms with Crippen molar-refractivity contribution in [2.45, 2.75) is 12.5 Å².